The number of hydrogen-bond donors (Lipinski definition) is 1. The average Bonchev–Trinajstić information content (AvgIpc) is 2.14. The number of hydroxylamine groups is 2. The highest BCUT2D eigenvalue weighted by molar-refractivity contribution is 4.60. The Morgan fingerprint density at radius 1 is 1.18 bits per heavy atom. The molecule has 1 fully saturated rings. The molecule has 1 N–H and O–H groups in total. The lowest BCUT2D eigenvalue weighted by Crippen LogP contribution is -2.34. The normalized spacial score (nSPS) is 22.1. The molecule has 0 radical (unpaired) electrons. The maximum atomic E-state index is 8.99. The van der Waals surface area contributed by atoms with E-state index in [1.54, 1.807) is 7.05 Å². The molecule has 11 heavy (non-hydrogen) atoms. The van der Waals surface area contributed by atoms with E-state index in [1.807, 2.05) is 0 Å². The number of nitrogens with zero attached hydrogens (tertiary/aromatic N) is 2. The van der Waals surface area contributed by atoms with Crippen molar-refractivity contribution < 1.29 is 5.21 Å². The van der Waals surface area contributed by atoms with Gasteiger partial charge in [-0.1, -0.05) is 12.8 Å². The third-order valence-corrected chi connectivity index (χ3v) is 2.10. The summed E-state index contributed by atoms with van der Waals surface area (Å²) in [6, 6.07) is 0. The minimum Gasteiger partial charge on any atom is -0.313 e. The summed E-state index contributed by atoms with van der Waals surface area (Å²) in [5, 5.41) is 10.2. The van der Waals surface area contributed by atoms with E-state index in [9.17, 15) is 0 Å². The standard InChI is InChI=1S/C8H18N2O/c1-9(11)8-10-6-4-2-3-5-7-10/h11H,2-8H2,1H3. The van der Waals surface area contributed by atoms with Gasteiger partial charge in [0.1, 0.15) is 0 Å². The van der Waals surface area contributed by atoms with Gasteiger partial charge >= 0.3 is 0 Å². The van der Waals surface area contributed by atoms with Crippen LogP contribution in [0.5, 0.6) is 0 Å². The van der Waals surface area contributed by atoms with E-state index < -0.39 is 0 Å². The van der Waals surface area contributed by atoms with Crippen molar-refractivity contribution >= 4 is 0 Å². The third kappa shape index (κ3) is 3.70. The van der Waals surface area contributed by atoms with E-state index in [2.05, 4.69) is 4.90 Å². The van der Waals surface area contributed by atoms with E-state index in [4.69, 9.17) is 5.21 Å². The van der Waals surface area contributed by atoms with E-state index >= 15 is 0 Å². The Morgan fingerprint density at radius 2 is 1.73 bits per heavy atom. The Labute approximate surface area is 68.6 Å². The van der Waals surface area contributed by atoms with Crippen LogP contribution in [-0.4, -0.2) is 42.0 Å². The van der Waals surface area contributed by atoms with E-state index in [-0.39, 0.29) is 0 Å². The molecule has 0 aliphatic carbocycles. The number of rotatable bonds is 2. The van der Waals surface area contributed by atoms with Crippen LogP contribution in [0.2, 0.25) is 0 Å². The van der Waals surface area contributed by atoms with Gasteiger partial charge in [0.25, 0.3) is 0 Å². The van der Waals surface area contributed by atoms with Crippen LogP contribution >= 0.6 is 0 Å². The van der Waals surface area contributed by atoms with Crippen LogP contribution in [-0.2, 0) is 0 Å². The van der Waals surface area contributed by atoms with Crippen molar-refractivity contribution in [2.75, 3.05) is 26.8 Å². The van der Waals surface area contributed by atoms with Crippen LogP contribution in [0.25, 0.3) is 0 Å². The summed E-state index contributed by atoms with van der Waals surface area (Å²) >= 11 is 0. The van der Waals surface area contributed by atoms with Gasteiger partial charge in [0.15, 0.2) is 0 Å². The topological polar surface area (TPSA) is 26.7 Å². The molecule has 0 spiro atoms. The first-order valence-electron chi connectivity index (χ1n) is 4.41. The SMILES string of the molecule is CN(O)CN1CCCCCC1. The predicted molar refractivity (Wildman–Crippen MR) is 44.5 cm³/mol. The minimum absolute atomic E-state index is 0.694. The van der Waals surface area contributed by atoms with E-state index in [0.717, 1.165) is 13.1 Å². The molecule has 66 valence electrons. The van der Waals surface area contributed by atoms with Crippen molar-refractivity contribution in [1.82, 2.24) is 9.96 Å². The van der Waals surface area contributed by atoms with Gasteiger partial charge in [-0.15, -0.1) is 0 Å². The first kappa shape index (κ1) is 8.97. The summed E-state index contributed by atoms with van der Waals surface area (Å²) in [5.74, 6) is 0. The summed E-state index contributed by atoms with van der Waals surface area (Å²) in [4.78, 5) is 2.30. The molecule has 0 aromatic rings. The molecule has 0 amide bonds. The van der Waals surface area contributed by atoms with Gasteiger partial charge in [-0.05, 0) is 25.9 Å². The zero-order chi connectivity index (χ0) is 8.10. The average molecular weight is 158 g/mol. The predicted octanol–water partition coefficient (Wildman–Crippen LogP) is 1.14. The van der Waals surface area contributed by atoms with Crippen molar-refractivity contribution in [3.05, 3.63) is 0 Å². The largest absolute Gasteiger partial charge is 0.313 e. The molecule has 0 bridgehead atoms. The Kier molecular flexibility index (Phi) is 3.83. The summed E-state index contributed by atoms with van der Waals surface area (Å²) in [6.45, 7) is 2.98. The summed E-state index contributed by atoms with van der Waals surface area (Å²) < 4.78 is 0. The lowest BCUT2D eigenvalue weighted by Gasteiger charge is -2.22. The quantitative estimate of drug-likeness (QED) is 0.610. The highest BCUT2D eigenvalue weighted by Crippen LogP contribution is 2.08. The lowest BCUT2D eigenvalue weighted by molar-refractivity contribution is -0.101. The fourth-order valence-electron chi connectivity index (χ4n) is 1.57. The molecule has 0 aromatic heterocycles. The maximum absolute atomic E-state index is 8.99. The van der Waals surface area contributed by atoms with Crippen LogP contribution < -0.4 is 0 Å². The monoisotopic (exact) mass is 158 g/mol. The second-order valence-corrected chi connectivity index (χ2v) is 3.33. The van der Waals surface area contributed by atoms with Gasteiger partial charge in [-0.25, -0.2) is 0 Å². The smallest absolute Gasteiger partial charge is 0.0751 e. The Morgan fingerprint density at radius 3 is 2.18 bits per heavy atom. The van der Waals surface area contributed by atoms with Gasteiger partial charge in [0.05, 0.1) is 6.67 Å². The Balaban J connectivity index is 2.20. The molecule has 0 unspecified atom stereocenters. The first-order chi connectivity index (χ1) is 5.29. The fraction of sp³-hybridized carbons (Fsp3) is 1.00. The summed E-state index contributed by atoms with van der Waals surface area (Å²) in [5.41, 5.74) is 0. The van der Waals surface area contributed by atoms with Crippen LogP contribution in [0.3, 0.4) is 0 Å². The molecular formula is C8H18N2O. The molecule has 3 nitrogen and oxygen atoms in total. The van der Waals surface area contributed by atoms with Crippen molar-refractivity contribution in [3.63, 3.8) is 0 Å². The van der Waals surface area contributed by atoms with Crippen molar-refractivity contribution in [3.8, 4) is 0 Å². The van der Waals surface area contributed by atoms with E-state index in [1.165, 1.54) is 30.7 Å². The Bertz CT molecular complexity index is 98.3. The highest BCUT2D eigenvalue weighted by Gasteiger charge is 2.08. The second kappa shape index (κ2) is 4.70. The van der Waals surface area contributed by atoms with Crippen LogP contribution in [0.15, 0.2) is 0 Å². The van der Waals surface area contributed by atoms with Gasteiger partial charge < -0.3 is 5.21 Å². The molecule has 1 rings (SSSR count). The zero-order valence-corrected chi connectivity index (χ0v) is 7.29. The third-order valence-electron chi connectivity index (χ3n) is 2.10. The first-order valence-corrected chi connectivity index (χ1v) is 4.41. The Hall–Kier alpha value is -0.120. The summed E-state index contributed by atoms with van der Waals surface area (Å²) in [7, 11) is 1.70. The highest BCUT2D eigenvalue weighted by atomic mass is 16.5. The minimum atomic E-state index is 0.694. The van der Waals surface area contributed by atoms with Gasteiger partial charge in [-0.3, -0.25) is 4.90 Å². The van der Waals surface area contributed by atoms with Crippen molar-refractivity contribution in [2.45, 2.75) is 25.7 Å². The fourth-order valence-corrected chi connectivity index (χ4v) is 1.57. The molecule has 0 saturated carbocycles. The lowest BCUT2D eigenvalue weighted by atomic mass is 10.2. The van der Waals surface area contributed by atoms with Gasteiger partial charge in [0.2, 0.25) is 0 Å². The zero-order valence-electron chi connectivity index (χ0n) is 7.29. The molecule has 1 aliphatic rings. The molecular weight excluding hydrogens is 140 g/mol. The molecule has 1 aliphatic heterocycles. The molecule has 0 aromatic carbocycles. The molecule has 1 heterocycles. The van der Waals surface area contributed by atoms with Crippen LogP contribution in [0, 0.1) is 0 Å². The summed E-state index contributed by atoms with van der Waals surface area (Å²) in [6.07, 6.45) is 5.28. The van der Waals surface area contributed by atoms with E-state index in [0.29, 0.717) is 6.67 Å². The number of hydrogen-bond acceptors (Lipinski definition) is 3. The van der Waals surface area contributed by atoms with Crippen LogP contribution in [0.1, 0.15) is 25.7 Å². The van der Waals surface area contributed by atoms with Crippen molar-refractivity contribution in [2.24, 2.45) is 0 Å². The van der Waals surface area contributed by atoms with Crippen LogP contribution in [0.4, 0.5) is 0 Å². The molecule has 0 atom stereocenters. The molecule has 1 saturated heterocycles. The van der Waals surface area contributed by atoms with Gasteiger partial charge in [-0.2, -0.15) is 5.06 Å². The van der Waals surface area contributed by atoms with Gasteiger partial charge in [0, 0.05) is 7.05 Å². The maximum Gasteiger partial charge on any atom is 0.0751 e. The number of likely N-dealkylation sites (tertiary alicyclic amines) is 1. The second-order valence-electron chi connectivity index (χ2n) is 3.33. The van der Waals surface area contributed by atoms with Crippen molar-refractivity contribution in [1.29, 1.82) is 0 Å². The molecule has 3 heteroatoms.